The minimum absolute atomic E-state index is 0.123. The third-order valence-electron chi connectivity index (χ3n) is 4.10. The van der Waals surface area contributed by atoms with Crippen LogP contribution in [-0.2, 0) is 16.1 Å². The molecular formula is C18H15Cl2FN2O2. The van der Waals surface area contributed by atoms with Gasteiger partial charge in [-0.15, -0.1) is 0 Å². The van der Waals surface area contributed by atoms with Gasteiger partial charge in [0.2, 0.25) is 11.8 Å². The summed E-state index contributed by atoms with van der Waals surface area (Å²) in [4.78, 5) is 26.0. The van der Waals surface area contributed by atoms with Crippen molar-refractivity contribution in [2.24, 2.45) is 5.92 Å². The fourth-order valence-electron chi connectivity index (χ4n) is 2.75. The number of halogens is 3. The Bertz CT molecular complexity index is 811. The molecule has 7 heteroatoms. The van der Waals surface area contributed by atoms with Crippen LogP contribution in [0.3, 0.4) is 0 Å². The van der Waals surface area contributed by atoms with Crippen LogP contribution >= 0.6 is 23.2 Å². The number of hydrogen-bond acceptors (Lipinski definition) is 2. The molecule has 4 nitrogen and oxygen atoms in total. The highest BCUT2D eigenvalue weighted by Crippen LogP contribution is 2.26. The topological polar surface area (TPSA) is 49.4 Å². The molecule has 1 aliphatic rings. The summed E-state index contributed by atoms with van der Waals surface area (Å²) < 4.78 is 13.0. The van der Waals surface area contributed by atoms with Gasteiger partial charge in [0.15, 0.2) is 0 Å². The van der Waals surface area contributed by atoms with Crippen molar-refractivity contribution in [3.8, 4) is 0 Å². The van der Waals surface area contributed by atoms with Crippen molar-refractivity contribution < 1.29 is 14.0 Å². The SMILES string of the molecule is O=C(NCc1ccc(Cl)cc1Cl)C1CC(=O)N(c2ccc(F)cc2)C1. The second-order valence-corrected chi connectivity index (χ2v) is 6.68. The van der Waals surface area contributed by atoms with Gasteiger partial charge in [-0.25, -0.2) is 4.39 Å². The predicted molar refractivity (Wildman–Crippen MR) is 95.2 cm³/mol. The van der Waals surface area contributed by atoms with Gasteiger partial charge >= 0.3 is 0 Å². The molecular weight excluding hydrogens is 366 g/mol. The number of hydrogen-bond donors (Lipinski definition) is 1. The predicted octanol–water partition coefficient (Wildman–Crippen LogP) is 3.80. The van der Waals surface area contributed by atoms with Crippen LogP contribution in [0, 0.1) is 11.7 Å². The lowest BCUT2D eigenvalue weighted by atomic mass is 10.1. The maximum absolute atomic E-state index is 13.0. The molecule has 2 aromatic carbocycles. The molecule has 1 unspecified atom stereocenters. The molecule has 0 aromatic heterocycles. The Labute approximate surface area is 154 Å². The molecule has 0 bridgehead atoms. The Morgan fingerprint density at radius 2 is 1.92 bits per heavy atom. The lowest BCUT2D eigenvalue weighted by Crippen LogP contribution is -2.32. The monoisotopic (exact) mass is 380 g/mol. The Morgan fingerprint density at radius 1 is 1.20 bits per heavy atom. The zero-order valence-electron chi connectivity index (χ0n) is 13.1. The first-order valence-electron chi connectivity index (χ1n) is 7.71. The Balaban J connectivity index is 1.61. The number of benzene rings is 2. The summed E-state index contributed by atoms with van der Waals surface area (Å²) in [5.41, 5.74) is 1.33. The quantitative estimate of drug-likeness (QED) is 0.876. The zero-order valence-corrected chi connectivity index (χ0v) is 14.6. The summed E-state index contributed by atoms with van der Waals surface area (Å²) in [6.45, 7) is 0.528. The van der Waals surface area contributed by atoms with Gasteiger partial charge in [-0.05, 0) is 42.0 Å². The molecule has 0 saturated carbocycles. The minimum atomic E-state index is -0.455. The van der Waals surface area contributed by atoms with Crippen molar-refractivity contribution >= 4 is 40.7 Å². The molecule has 1 aliphatic heterocycles. The van der Waals surface area contributed by atoms with E-state index >= 15 is 0 Å². The lowest BCUT2D eigenvalue weighted by Gasteiger charge is -2.16. The van der Waals surface area contributed by atoms with Crippen LogP contribution in [-0.4, -0.2) is 18.4 Å². The van der Waals surface area contributed by atoms with Crippen LogP contribution in [0.25, 0.3) is 0 Å². The first kappa shape index (κ1) is 17.7. The number of nitrogens with one attached hydrogen (secondary N) is 1. The van der Waals surface area contributed by atoms with Crippen LogP contribution in [0.15, 0.2) is 42.5 Å². The van der Waals surface area contributed by atoms with Crippen molar-refractivity contribution in [1.82, 2.24) is 5.32 Å². The summed E-state index contributed by atoms with van der Waals surface area (Å²) in [5.74, 6) is -1.20. The highest BCUT2D eigenvalue weighted by Gasteiger charge is 2.35. The third-order valence-corrected chi connectivity index (χ3v) is 4.69. The summed E-state index contributed by atoms with van der Waals surface area (Å²) in [5, 5.41) is 3.80. The highest BCUT2D eigenvalue weighted by molar-refractivity contribution is 6.35. The third kappa shape index (κ3) is 4.11. The van der Waals surface area contributed by atoms with E-state index in [0.29, 0.717) is 15.7 Å². The molecule has 2 amide bonds. The van der Waals surface area contributed by atoms with E-state index in [1.54, 1.807) is 18.2 Å². The van der Waals surface area contributed by atoms with E-state index in [-0.39, 0.29) is 37.1 Å². The normalized spacial score (nSPS) is 17.0. The maximum Gasteiger partial charge on any atom is 0.227 e. The molecule has 1 fully saturated rings. The Kier molecular flexibility index (Phi) is 5.25. The second-order valence-electron chi connectivity index (χ2n) is 5.84. The smallest absolute Gasteiger partial charge is 0.227 e. The summed E-state index contributed by atoms with van der Waals surface area (Å²) >= 11 is 11.9. The molecule has 25 heavy (non-hydrogen) atoms. The highest BCUT2D eigenvalue weighted by atomic mass is 35.5. The van der Waals surface area contributed by atoms with E-state index in [0.717, 1.165) is 5.56 Å². The largest absolute Gasteiger partial charge is 0.352 e. The van der Waals surface area contributed by atoms with E-state index in [4.69, 9.17) is 23.2 Å². The minimum Gasteiger partial charge on any atom is -0.352 e. The van der Waals surface area contributed by atoms with Crippen molar-refractivity contribution in [3.63, 3.8) is 0 Å². The van der Waals surface area contributed by atoms with Crippen molar-refractivity contribution in [2.45, 2.75) is 13.0 Å². The van der Waals surface area contributed by atoms with E-state index in [9.17, 15) is 14.0 Å². The van der Waals surface area contributed by atoms with Crippen LogP contribution in [0.4, 0.5) is 10.1 Å². The lowest BCUT2D eigenvalue weighted by molar-refractivity contribution is -0.126. The molecule has 0 radical (unpaired) electrons. The number of amides is 2. The maximum atomic E-state index is 13.0. The zero-order chi connectivity index (χ0) is 18.0. The summed E-state index contributed by atoms with van der Waals surface area (Å²) in [6.07, 6.45) is 0.123. The first-order chi connectivity index (χ1) is 11.9. The fourth-order valence-corrected chi connectivity index (χ4v) is 3.22. The first-order valence-corrected chi connectivity index (χ1v) is 8.47. The van der Waals surface area contributed by atoms with Crippen molar-refractivity contribution in [3.05, 3.63) is 63.9 Å². The van der Waals surface area contributed by atoms with Gasteiger partial charge in [-0.2, -0.15) is 0 Å². The van der Waals surface area contributed by atoms with Crippen molar-refractivity contribution in [2.75, 3.05) is 11.4 Å². The van der Waals surface area contributed by atoms with E-state index in [1.807, 2.05) is 0 Å². The number of rotatable bonds is 4. The average Bonchev–Trinajstić information content (AvgIpc) is 2.96. The molecule has 2 aromatic rings. The van der Waals surface area contributed by atoms with Crippen LogP contribution < -0.4 is 10.2 Å². The van der Waals surface area contributed by atoms with Gasteiger partial charge in [-0.3, -0.25) is 9.59 Å². The van der Waals surface area contributed by atoms with Gasteiger partial charge in [-0.1, -0.05) is 29.3 Å². The standard InChI is InChI=1S/C18H15Cl2FN2O2/c19-13-2-1-11(16(20)8-13)9-22-18(25)12-7-17(24)23(10-12)15-5-3-14(21)4-6-15/h1-6,8,12H,7,9-10H2,(H,22,25). The second kappa shape index (κ2) is 7.42. The van der Waals surface area contributed by atoms with Crippen LogP contribution in [0.2, 0.25) is 10.0 Å². The number of carbonyl (C=O) groups is 2. The molecule has 130 valence electrons. The van der Waals surface area contributed by atoms with Crippen molar-refractivity contribution in [1.29, 1.82) is 0 Å². The van der Waals surface area contributed by atoms with Gasteiger partial charge < -0.3 is 10.2 Å². The van der Waals surface area contributed by atoms with Gasteiger partial charge in [0, 0.05) is 35.2 Å². The summed E-state index contributed by atoms with van der Waals surface area (Å²) in [7, 11) is 0. The Hall–Kier alpha value is -2.11. The van der Waals surface area contributed by atoms with Crippen LogP contribution in [0.1, 0.15) is 12.0 Å². The van der Waals surface area contributed by atoms with Gasteiger partial charge in [0.1, 0.15) is 5.82 Å². The fraction of sp³-hybridized carbons (Fsp3) is 0.222. The molecule has 1 atom stereocenters. The van der Waals surface area contributed by atoms with E-state index in [1.165, 1.54) is 29.2 Å². The number of carbonyl (C=O) groups excluding carboxylic acids is 2. The summed E-state index contributed by atoms with van der Waals surface area (Å²) in [6, 6.07) is 10.7. The number of nitrogens with zero attached hydrogens (tertiary/aromatic N) is 1. The number of anilines is 1. The van der Waals surface area contributed by atoms with E-state index in [2.05, 4.69) is 5.32 Å². The molecule has 1 heterocycles. The Morgan fingerprint density at radius 3 is 2.60 bits per heavy atom. The molecule has 0 aliphatic carbocycles. The van der Waals surface area contributed by atoms with Crippen LogP contribution in [0.5, 0.6) is 0 Å². The molecule has 0 spiro atoms. The van der Waals surface area contributed by atoms with E-state index < -0.39 is 5.92 Å². The van der Waals surface area contributed by atoms with Gasteiger partial charge in [0.25, 0.3) is 0 Å². The average molecular weight is 381 g/mol. The molecule has 3 rings (SSSR count). The molecule has 1 saturated heterocycles. The molecule has 1 N–H and O–H groups in total. The van der Waals surface area contributed by atoms with Gasteiger partial charge in [0.05, 0.1) is 5.92 Å².